The van der Waals surface area contributed by atoms with Crippen molar-refractivity contribution >= 4 is 22.1 Å². The first kappa shape index (κ1) is 13.2. The van der Waals surface area contributed by atoms with Crippen LogP contribution in [0.5, 0.6) is 0 Å². The molecule has 4 bridgehead atoms. The molecule has 124 valence electrons. The molecule has 0 amide bonds. The number of fused-ring (bicyclic) bond motifs is 3. The Morgan fingerprint density at radius 3 is 2.62 bits per heavy atom. The molecule has 4 aliphatic carbocycles. The van der Waals surface area contributed by atoms with Crippen LogP contribution in [0.2, 0.25) is 0 Å². The average molecular weight is 324 g/mol. The molecule has 0 spiro atoms. The minimum atomic E-state index is -0.450. The minimum absolute atomic E-state index is 0.177. The first-order chi connectivity index (χ1) is 11.6. The normalized spacial score (nSPS) is 37.7. The highest BCUT2D eigenvalue weighted by atomic mass is 16.3. The Hall–Kier alpha value is -2.08. The predicted octanol–water partition coefficient (Wildman–Crippen LogP) is 2.39. The zero-order valence-electron chi connectivity index (χ0n) is 13.3. The largest absolute Gasteiger partial charge is 0.390 e. The number of nitrogens with one attached hydrogen (secondary N) is 3. The molecule has 0 radical (unpaired) electrons. The summed E-state index contributed by atoms with van der Waals surface area (Å²) in [5.74, 6) is 1.95. The number of rotatable bonds is 1. The van der Waals surface area contributed by atoms with Gasteiger partial charge in [-0.2, -0.15) is 0 Å². The molecular weight excluding hydrogens is 304 g/mol. The SMILES string of the molecule is O=c1[nH]c2c(C3C4CC5CC3CC(O)(C5)C4)nc3[nH]ccc3c2[nH]1. The fourth-order valence-electron chi connectivity index (χ4n) is 6.28. The topological polar surface area (TPSA) is 97.6 Å². The van der Waals surface area contributed by atoms with Gasteiger partial charge in [0.2, 0.25) is 0 Å². The van der Waals surface area contributed by atoms with Crippen molar-refractivity contribution in [2.24, 2.45) is 17.8 Å². The molecule has 3 aromatic heterocycles. The Bertz CT molecular complexity index is 1010. The monoisotopic (exact) mass is 324 g/mol. The summed E-state index contributed by atoms with van der Waals surface area (Å²) in [6.07, 6.45) is 6.97. The second-order valence-corrected chi connectivity index (χ2v) is 8.29. The summed E-state index contributed by atoms with van der Waals surface area (Å²) >= 11 is 0. The maximum Gasteiger partial charge on any atom is 0.323 e. The fourth-order valence-corrected chi connectivity index (χ4v) is 6.28. The predicted molar refractivity (Wildman–Crippen MR) is 89.8 cm³/mol. The molecular formula is C18H20N4O2. The molecule has 0 saturated heterocycles. The van der Waals surface area contributed by atoms with Crippen LogP contribution in [-0.2, 0) is 0 Å². The van der Waals surface area contributed by atoms with Crippen molar-refractivity contribution in [1.82, 2.24) is 19.9 Å². The van der Waals surface area contributed by atoms with Crippen molar-refractivity contribution in [3.8, 4) is 0 Å². The molecule has 3 heterocycles. The first-order valence-corrected chi connectivity index (χ1v) is 8.91. The summed E-state index contributed by atoms with van der Waals surface area (Å²) < 4.78 is 0. The number of hydrogen-bond acceptors (Lipinski definition) is 3. The van der Waals surface area contributed by atoms with Crippen molar-refractivity contribution in [1.29, 1.82) is 0 Å². The average Bonchev–Trinajstić information content (AvgIpc) is 3.10. The Morgan fingerprint density at radius 1 is 1.12 bits per heavy atom. The summed E-state index contributed by atoms with van der Waals surface area (Å²) in [5, 5.41) is 11.8. The van der Waals surface area contributed by atoms with Crippen LogP contribution in [0.4, 0.5) is 0 Å². The fraction of sp³-hybridized carbons (Fsp3) is 0.556. The molecule has 2 atom stereocenters. The standard InChI is InChI=1S/C18H20N4O2/c23-17-21-13-11-1-2-19-16(11)20-14(15(13)22-17)12-9-3-8-4-10(12)7-18(24,5-8)6-9/h1-2,8-10,12,24H,3-7H2,(H,19,20)(H2,21,22,23). The highest BCUT2D eigenvalue weighted by Gasteiger charge is 2.55. The molecule has 0 aromatic carbocycles. The number of aliphatic hydroxyl groups is 1. The summed E-state index contributed by atoms with van der Waals surface area (Å²) in [6, 6.07) is 1.96. The van der Waals surface area contributed by atoms with Crippen LogP contribution in [-0.4, -0.2) is 30.6 Å². The van der Waals surface area contributed by atoms with Crippen molar-refractivity contribution < 1.29 is 5.11 Å². The molecule has 4 N–H and O–H groups in total. The summed E-state index contributed by atoms with van der Waals surface area (Å²) in [6.45, 7) is 0. The Morgan fingerprint density at radius 2 is 1.88 bits per heavy atom. The summed E-state index contributed by atoms with van der Waals surface area (Å²) in [4.78, 5) is 26.0. The highest BCUT2D eigenvalue weighted by Crippen LogP contribution is 2.61. The Kier molecular flexibility index (Phi) is 2.27. The van der Waals surface area contributed by atoms with E-state index < -0.39 is 5.60 Å². The lowest BCUT2D eigenvalue weighted by Gasteiger charge is -2.57. The second kappa shape index (κ2) is 4.11. The number of nitrogens with zero attached hydrogens (tertiary/aromatic N) is 1. The van der Waals surface area contributed by atoms with Crippen LogP contribution in [0, 0.1) is 17.8 Å². The third-order valence-corrected chi connectivity index (χ3v) is 6.77. The van der Waals surface area contributed by atoms with Gasteiger partial charge >= 0.3 is 5.69 Å². The summed E-state index contributed by atoms with van der Waals surface area (Å²) in [7, 11) is 0. The van der Waals surface area contributed by atoms with Gasteiger partial charge in [0, 0.05) is 17.5 Å². The van der Waals surface area contributed by atoms with Gasteiger partial charge < -0.3 is 20.1 Å². The van der Waals surface area contributed by atoms with E-state index in [9.17, 15) is 9.90 Å². The Labute approximate surface area is 137 Å². The highest BCUT2D eigenvalue weighted by molar-refractivity contribution is 6.01. The van der Waals surface area contributed by atoms with E-state index in [1.165, 1.54) is 12.8 Å². The van der Waals surface area contributed by atoms with Crippen molar-refractivity contribution in [2.45, 2.75) is 43.6 Å². The van der Waals surface area contributed by atoms with Gasteiger partial charge in [0.25, 0.3) is 0 Å². The van der Waals surface area contributed by atoms with Crippen molar-refractivity contribution in [2.75, 3.05) is 0 Å². The van der Waals surface area contributed by atoms with Gasteiger partial charge in [-0.25, -0.2) is 9.78 Å². The zero-order valence-corrected chi connectivity index (χ0v) is 13.3. The number of aromatic nitrogens is 4. The minimum Gasteiger partial charge on any atom is -0.390 e. The molecule has 2 unspecified atom stereocenters. The van der Waals surface area contributed by atoms with Gasteiger partial charge in [0.15, 0.2) is 0 Å². The van der Waals surface area contributed by atoms with Crippen LogP contribution < -0.4 is 5.69 Å². The van der Waals surface area contributed by atoms with Crippen LogP contribution in [0.15, 0.2) is 17.1 Å². The lowest BCUT2D eigenvalue weighted by molar-refractivity contribution is -0.135. The van der Waals surface area contributed by atoms with E-state index in [-0.39, 0.29) is 5.69 Å². The smallest absolute Gasteiger partial charge is 0.323 e. The molecule has 4 aliphatic rings. The number of imidazole rings is 1. The van der Waals surface area contributed by atoms with Crippen molar-refractivity contribution in [3.63, 3.8) is 0 Å². The molecule has 24 heavy (non-hydrogen) atoms. The van der Waals surface area contributed by atoms with Crippen LogP contribution in [0.25, 0.3) is 22.1 Å². The quantitative estimate of drug-likeness (QED) is 0.553. The third kappa shape index (κ3) is 1.59. The molecule has 6 heteroatoms. The van der Waals surface area contributed by atoms with Gasteiger partial charge in [-0.05, 0) is 55.9 Å². The molecule has 6 nitrogen and oxygen atoms in total. The first-order valence-electron chi connectivity index (χ1n) is 8.91. The summed E-state index contributed by atoms with van der Waals surface area (Å²) in [5.41, 5.74) is 2.93. The number of H-pyrrole nitrogens is 3. The van der Waals surface area contributed by atoms with E-state index in [0.717, 1.165) is 47.0 Å². The van der Waals surface area contributed by atoms with Gasteiger partial charge in [-0.3, -0.25) is 0 Å². The number of hydrogen-bond donors (Lipinski definition) is 4. The molecule has 0 aliphatic heterocycles. The van der Waals surface area contributed by atoms with E-state index in [4.69, 9.17) is 4.98 Å². The maximum absolute atomic E-state index is 12.0. The van der Waals surface area contributed by atoms with E-state index in [0.29, 0.717) is 23.7 Å². The van der Waals surface area contributed by atoms with Crippen molar-refractivity contribution in [3.05, 3.63) is 28.4 Å². The lowest BCUT2D eigenvalue weighted by atomic mass is 9.49. The van der Waals surface area contributed by atoms with Crippen LogP contribution >= 0.6 is 0 Å². The maximum atomic E-state index is 12.0. The number of aromatic amines is 3. The van der Waals surface area contributed by atoms with E-state index >= 15 is 0 Å². The van der Waals surface area contributed by atoms with E-state index in [2.05, 4.69) is 15.0 Å². The third-order valence-electron chi connectivity index (χ3n) is 6.77. The Balaban J connectivity index is 1.60. The van der Waals surface area contributed by atoms with Gasteiger partial charge in [-0.15, -0.1) is 0 Å². The van der Waals surface area contributed by atoms with E-state index in [1.54, 1.807) is 0 Å². The molecule has 7 rings (SSSR count). The van der Waals surface area contributed by atoms with Crippen LogP contribution in [0.3, 0.4) is 0 Å². The second-order valence-electron chi connectivity index (χ2n) is 8.29. The zero-order chi connectivity index (χ0) is 16.1. The van der Waals surface area contributed by atoms with E-state index in [1.807, 2.05) is 12.3 Å². The van der Waals surface area contributed by atoms with Gasteiger partial charge in [-0.1, -0.05) is 0 Å². The molecule has 4 fully saturated rings. The number of pyridine rings is 1. The van der Waals surface area contributed by atoms with Gasteiger partial charge in [0.1, 0.15) is 5.65 Å². The van der Waals surface area contributed by atoms with Crippen LogP contribution in [0.1, 0.15) is 43.7 Å². The lowest BCUT2D eigenvalue weighted by Crippen LogP contribution is -2.53. The molecule has 3 aromatic rings. The van der Waals surface area contributed by atoms with Gasteiger partial charge in [0.05, 0.1) is 22.3 Å². The molecule has 4 saturated carbocycles.